The number of anilines is 1. The summed E-state index contributed by atoms with van der Waals surface area (Å²) in [6.45, 7) is 5.20. The molecule has 0 saturated heterocycles. The predicted molar refractivity (Wildman–Crippen MR) is 105 cm³/mol. The first kappa shape index (κ1) is 18.8. The summed E-state index contributed by atoms with van der Waals surface area (Å²) in [4.78, 5) is 24.2. The quantitative estimate of drug-likeness (QED) is 0.504. The number of thioether (sulfide) groups is 1. The summed E-state index contributed by atoms with van der Waals surface area (Å²) in [5, 5.41) is 10.7. The van der Waals surface area contributed by atoms with Crippen molar-refractivity contribution in [2.45, 2.75) is 31.2 Å². The van der Waals surface area contributed by atoms with Crippen molar-refractivity contribution in [3.63, 3.8) is 0 Å². The van der Waals surface area contributed by atoms with Crippen molar-refractivity contribution in [3.8, 4) is 11.5 Å². The van der Waals surface area contributed by atoms with E-state index in [-0.39, 0.29) is 11.7 Å². The second-order valence-electron chi connectivity index (χ2n) is 6.09. The molecule has 138 valence electrons. The number of nitrogens with zero attached hydrogens (tertiary/aromatic N) is 2. The molecule has 1 amide bonds. The van der Waals surface area contributed by atoms with Crippen LogP contribution in [0.4, 0.5) is 5.69 Å². The Hall–Kier alpha value is -2.93. The average molecular weight is 381 g/mol. The molecule has 0 saturated carbocycles. The highest BCUT2D eigenvalue weighted by atomic mass is 32.2. The van der Waals surface area contributed by atoms with E-state index in [9.17, 15) is 9.59 Å². The van der Waals surface area contributed by atoms with Gasteiger partial charge < -0.3 is 9.73 Å². The molecule has 1 aromatic heterocycles. The molecular formula is C20H19N3O3S. The highest BCUT2D eigenvalue weighted by Crippen LogP contribution is 2.27. The molecule has 6 nitrogen and oxygen atoms in total. The lowest BCUT2D eigenvalue weighted by molar-refractivity contribution is -0.115. The summed E-state index contributed by atoms with van der Waals surface area (Å²) in [5.41, 5.74) is 2.90. The van der Waals surface area contributed by atoms with E-state index in [1.807, 2.05) is 31.2 Å². The largest absolute Gasteiger partial charge is 0.411 e. The normalized spacial score (nSPS) is 11.8. The standard InChI is InChI=1S/C20H19N3O3S/c1-12-7-6-8-15(11-12)19-22-23-20(26-19)27-14(3)18(25)21-17-10-5-4-9-16(17)13(2)24/h4-11,14H,1-3H3,(H,21,25)/t14-/m0/s1. The minimum Gasteiger partial charge on any atom is -0.411 e. The van der Waals surface area contributed by atoms with Crippen LogP contribution in [0.3, 0.4) is 0 Å². The van der Waals surface area contributed by atoms with Crippen molar-refractivity contribution >= 4 is 29.1 Å². The molecule has 1 atom stereocenters. The topological polar surface area (TPSA) is 85.1 Å². The number of ketones is 1. The summed E-state index contributed by atoms with van der Waals surface area (Å²) in [6.07, 6.45) is 0. The number of hydrogen-bond donors (Lipinski definition) is 1. The summed E-state index contributed by atoms with van der Waals surface area (Å²) >= 11 is 1.17. The molecule has 0 radical (unpaired) electrons. The summed E-state index contributed by atoms with van der Waals surface area (Å²) in [7, 11) is 0. The third-order valence-electron chi connectivity index (χ3n) is 3.88. The molecule has 27 heavy (non-hydrogen) atoms. The second-order valence-corrected chi connectivity index (χ2v) is 7.39. The smallest absolute Gasteiger partial charge is 0.277 e. The minimum atomic E-state index is -0.476. The van der Waals surface area contributed by atoms with E-state index >= 15 is 0 Å². The number of hydrogen-bond acceptors (Lipinski definition) is 6. The van der Waals surface area contributed by atoms with Crippen LogP contribution in [0.25, 0.3) is 11.5 Å². The number of nitrogens with one attached hydrogen (secondary N) is 1. The zero-order valence-corrected chi connectivity index (χ0v) is 16.0. The Morgan fingerprint density at radius 3 is 2.63 bits per heavy atom. The molecule has 0 aliphatic rings. The Balaban J connectivity index is 1.68. The van der Waals surface area contributed by atoms with Gasteiger partial charge in [0, 0.05) is 11.1 Å². The van der Waals surface area contributed by atoms with Crippen molar-refractivity contribution in [1.29, 1.82) is 0 Å². The zero-order valence-electron chi connectivity index (χ0n) is 15.2. The predicted octanol–water partition coefficient (Wildman–Crippen LogP) is 4.37. The summed E-state index contributed by atoms with van der Waals surface area (Å²) in [5.74, 6) is 0.0608. The van der Waals surface area contributed by atoms with Gasteiger partial charge in [0.2, 0.25) is 11.8 Å². The van der Waals surface area contributed by atoms with Gasteiger partial charge in [-0.05, 0) is 45.0 Å². The SMILES string of the molecule is CC(=O)c1ccccc1NC(=O)[C@H](C)Sc1nnc(-c2cccc(C)c2)o1. The Kier molecular flexibility index (Phi) is 5.71. The molecule has 3 aromatic rings. The molecule has 2 aromatic carbocycles. The van der Waals surface area contributed by atoms with E-state index in [1.54, 1.807) is 31.2 Å². The van der Waals surface area contributed by atoms with Gasteiger partial charge >= 0.3 is 0 Å². The van der Waals surface area contributed by atoms with Crippen LogP contribution in [0.1, 0.15) is 29.8 Å². The monoisotopic (exact) mass is 381 g/mol. The number of rotatable bonds is 6. The van der Waals surface area contributed by atoms with Crippen LogP contribution >= 0.6 is 11.8 Å². The van der Waals surface area contributed by atoms with Crippen molar-refractivity contribution < 1.29 is 14.0 Å². The van der Waals surface area contributed by atoms with Gasteiger partial charge in [-0.3, -0.25) is 9.59 Å². The molecular weight excluding hydrogens is 362 g/mol. The summed E-state index contributed by atoms with van der Waals surface area (Å²) in [6, 6.07) is 14.7. The summed E-state index contributed by atoms with van der Waals surface area (Å²) < 4.78 is 5.66. The van der Waals surface area contributed by atoms with Crippen molar-refractivity contribution in [2.75, 3.05) is 5.32 Å². The second kappa shape index (κ2) is 8.18. The third-order valence-corrected chi connectivity index (χ3v) is 4.82. The number of Topliss-reactive ketones (excluding diaryl/α,β-unsaturated/α-hetero) is 1. The Morgan fingerprint density at radius 1 is 1.11 bits per heavy atom. The first-order valence-electron chi connectivity index (χ1n) is 8.42. The van der Waals surface area contributed by atoms with Crippen LogP contribution in [0.2, 0.25) is 0 Å². The van der Waals surface area contributed by atoms with E-state index in [0.29, 0.717) is 22.4 Å². The van der Waals surface area contributed by atoms with Crippen molar-refractivity contribution in [3.05, 3.63) is 59.7 Å². The van der Waals surface area contributed by atoms with E-state index in [0.717, 1.165) is 11.1 Å². The fraction of sp³-hybridized carbons (Fsp3) is 0.200. The number of aromatic nitrogens is 2. The van der Waals surface area contributed by atoms with Gasteiger partial charge in [0.05, 0.1) is 10.9 Å². The van der Waals surface area contributed by atoms with E-state index in [1.165, 1.54) is 18.7 Å². The molecule has 0 spiro atoms. The zero-order chi connectivity index (χ0) is 19.4. The highest BCUT2D eigenvalue weighted by molar-refractivity contribution is 8.00. The van der Waals surface area contributed by atoms with Gasteiger partial charge in [-0.25, -0.2) is 0 Å². The van der Waals surface area contributed by atoms with Crippen LogP contribution in [-0.2, 0) is 4.79 Å². The lowest BCUT2D eigenvalue weighted by Gasteiger charge is -2.12. The lowest BCUT2D eigenvalue weighted by Crippen LogP contribution is -2.23. The van der Waals surface area contributed by atoms with Gasteiger partial charge in [-0.2, -0.15) is 0 Å². The Bertz CT molecular complexity index is 984. The van der Waals surface area contributed by atoms with Crippen LogP contribution in [-0.4, -0.2) is 27.1 Å². The van der Waals surface area contributed by atoms with Gasteiger partial charge in [-0.15, -0.1) is 10.2 Å². The first-order valence-corrected chi connectivity index (χ1v) is 9.30. The number of amides is 1. The average Bonchev–Trinajstić information content (AvgIpc) is 3.10. The Morgan fingerprint density at radius 2 is 1.89 bits per heavy atom. The van der Waals surface area contributed by atoms with Gasteiger partial charge in [0.25, 0.3) is 5.22 Å². The maximum absolute atomic E-state index is 12.5. The number of carbonyl (C=O) groups excluding carboxylic acids is 2. The van der Waals surface area contributed by atoms with Crippen LogP contribution in [0.15, 0.2) is 58.2 Å². The number of benzene rings is 2. The molecule has 0 fully saturated rings. The van der Waals surface area contributed by atoms with E-state index in [4.69, 9.17) is 4.42 Å². The molecule has 0 bridgehead atoms. The van der Waals surface area contributed by atoms with Crippen molar-refractivity contribution in [1.82, 2.24) is 10.2 Å². The van der Waals surface area contributed by atoms with Gasteiger partial charge in [-0.1, -0.05) is 41.6 Å². The number of para-hydroxylation sites is 1. The molecule has 0 aliphatic carbocycles. The molecule has 3 rings (SSSR count). The molecule has 1 heterocycles. The van der Waals surface area contributed by atoms with Gasteiger partial charge in [0.1, 0.15) is 0 Å². The fourth-order valence-corrected chi connectivity index (χ4v) is 3.17. The van der Waals surface area contributed by atoms with E-state index < -0.39 is 5.25 Å². The number of carbonyl (C=O) groups is 2. The van der Waals surface area contributed by atoms with Crippen LogP contribution < -0.4 is 5.32 Å². The van der Waals surface area contributed by atoms with Crippen molar-refractivity contribution in [2.24, 2.45) is 0 Å². The third kappa shape index (κ3) is 4.62. The number of aryl methyl sites for hydroxylation is 1. The van der Waals surface area contributed by atoms with Crippen LogP contribution in [0, 0.1) is 6.92 Å². The maximum Gasteiger partial charge on any atom is 0.277 e. The molecule has 7 heteroatoms. The minimum absolute atomic E-state index is 0.106. The highest BCUT2D eigenvalue weighted by Gasteiger charge is 2.20. The maximum atomic E-state index is 12.5. The molecule has 1 N–H and O–H groups in total. The molecule has 0 unspecified atom stereocenters. The van der Waals surface area contributed by atoms with E-state index in [2.05, 4.69) is 15.5 Å². The Labute approximate surface area is 161 Å². The molecule has 0 aliphatic heterocycles. The van der Waals surface area contributed by atoms with Crippen LogP contribution in [0.5, 0.6) is 0 Å². The van der Waals surface area contributed by atoms with Gasteiger partial charge in [0.15, 0.2) is 5.78 Å². The first-order chi connectivity index (χ1) is 12.9. The fourth-order valence-electron chi connectivity index (χ4n) is 2.49. The lowest BCUT2D eigenvalue weighted by atomic mass is 10.1.